The first kappa shape index (κ1) is 23.6. The fourth-order valence-electron chi connectivity index (χ4n) is 4.43. The molecule has 0 N–H and O–H groups in total. The standard InChI is InChI=1S/C27H29N5O4/c1-19-15-22(36-29-19)17-30-11-13-31(14-12-30)27(33)26-23(18-32(28-26)21-7-5-4-6-8-21)20-9-10-24(34-2)25(16-20)35-3/h4-10,15-16,18H,11-14,17H2,1-3H3. The number of aryl methyl sites for hydroxylation is 1. The second-order valence-electron chi connectivity index (χ2n) is 8.74. The topological polar surface area (TPSA) is 85.9 Å². The molecular formula is C27H29N5O4. The molecule has 1 aliphatic heterocycles. The molecule has 1 saturated heterocycles. The molecule has 0 aliphatic carbocycles. The zero-order valence-corrected chi connectivity index (χ0v) is 20.7. The molecule has 1 amide bonds. The van der Waals surface area contributed by atoms with E-state index in [1.165, 1.54) is 0 Å². The summed E-state index contributed by atoms with van der Waals surface area (Å²) in [5.41, 5.74) is 3.73. The van der Waals surface area contributed by atoms with Crippen LogP contribution in [0.1, 0.15) is 21.9 Å². The second-order valence-corrected chi connectivity index (χ2v) is 8.74. The number of ether oxygens (including phenoxy) is 2. The monoisotopic (exact) mass is 487 g/mol. The lowest BCUT2D eigenvalue weighted by Gasteiger charge is -2.33. The summed E-state index contributed by atoms with van der Waals surface area (Å²) < 4.78 is 18.0. The summed E-state index contributed by atoms with van der Waals surface area (Å²) in [6.45, 7) is 5.30. The molecule has 186 valence electrons. The largest absolute Gasteiger partial charge is 0.493 e. The van der Waals surface area contributed by atoms with Crippen molar-refractivity contribution in [2.75, 3.05) is 40.4 Å². The highest BCUT2D eigenvalue weighted by atomic mass is 16.5. The number of rotatable bonds is 7. The highest BCUT2D eigenvalue weighted by Crippen LogP contribution is 2.34. The summed E-state index contributed by atoms with van der Waals surface area (Å²) in [6.07, 6.45) is 1.90. The van der Waals surface area contributed by atoms with Gasteiger partial charge in [0.1, 0.15) is 0 Å². The van der Waals surface area contributed by atoms with Crippen molar-refractivity contribution < 1.29 is 18.8 Å². The van der Waals surface area contributed by atoms with Gasteiger partial charge in [-0.3, -0.25) is 9.69 Å². The minimum Gasteiger partial charge on any atom is -0.493 e. The third-order valence-electron chi connectivity index (χ3n) is 6.35. The Morgan fingerprint density at radius 3 is 2.39 bits per heavy atom. The summed E-state index contributed by atoms with van der Waals surface area (Å²) in [7, 11) is 3.20. The van der Waals surface area contributed by atoms with Gasteiger partial charge in [0, 0.05) is 44.0 Å². The summed E-state index contributed by atoms with van der Waals surface area (Å²) in [6, 6.07) is 17.4. The number of aromatic nitrogens is 3. The summed E-state index contributed by atoms with van der Waals surface area (Å²) >= 11 is 0. The molecule has 3 heterocycles. The Kier molecular flexibility index (Phi) is 6.73. The van der Waals surface area contributed by atoms with Crippen molar-refractivity contribution in [2.45, 2.75) is 13.5 Å². The number of nitrogens with zero attached hydrogens (tertiary/aromatic N) is 5. The fraction of sp³-hybridized carbons (Fsp3) is 0.296. The van der Waals surface area contributed by atoms with Crippen LogP contribution in [0.3, 0.4) is 0 Å². The lowest BCUT2D eigenvalue weighted by atomic mass is 10.0. The smallest absolute Gasteiger partial charge is 0.275 e. The third kappa shape index (κ3) is 4.83. The lowest BCUT2D eigenvalue weighted by molar-refractivity contribution is 0.0612. The number of hydrogen-bond donors (Lipinski definition) is 0. The van der Waals surface area contributed by atoms with E-state index in [4.69, 9.17) is 19.1 Å². The van der Waals surface area contributed by atoms with Crippen LogP contribution in [0.15, 0.2) is 65.3 Å². The van der Waals surface area contributed by atoms with E-state index in [-0.39, 0.29) is 5.91 Å². The molecule has 2 aromatic carbocycles. The number of carbonyl (C=O) groups excluding carboxylic acids is 1. The maximum atomic E-state index is 13.7. The van der Waals surface area contributed by atoms with Gasteiger partial charge in [-0.25, -0.2) is 4.68 Å². The summed E-state index contributed by atoms with van der Waals surface area (Å²) in [4.78, 5) is 17.9. The molecule has 9 heteroatoms. The van der Waals surface area contributed by atoms with E-state index in [1.54, 1.807) is 18.9 Å². The average Bonchev–Trinajstić information content (AvgIpc) is 3.55. The van der Waals surface area contributed by atoms with Crippen LogP contribution in [0.5, 0.6) is 11.5 Å². The van der Waals surface area contributed by atoms with Crippen molar-refractivity contribution in [2.24, 2.45) is 0 Å². The molecule has 36 heavy (non-hydrogen) atoms. The highest BCUT2D eigenvalue weighted by molar-refractivity contribution is 5.99. The van der Waals surface area contributed by atoms with Crippen LogP contribution >= 0.6 is 0 Å². The molecule has 0 saturated carbocycles. The summed E-state index contributed by atoms with van der Waals surface area (Å²) in [5.74, 6) is 1.97. The minimum atomic E-state index is -0.0929. The molecule has 2 aromatic heterocycles. The van der Waals surface area contributed by atoms with Crippen LogP contribution in [-0.2, 0) is 6.54 Å². The van der Waals surface area contributed by atoms with Crippen LogP contribution in [0.4, 0.5) is 0 Å². The van der Waals surface area contributed by atoms with Gasteiger partial charge in [0.05, 0.1) is 32.1 Å². The van der Waals surface area contributed by atoms with Crippen molar-refractivity contribution in [3.63, 3.8) is 0 Å². The SMILES string of the molecule is COc1ccc(-c2cn(-c3ccccc3)nc2C(=O)N2CCN(Cc3cc(C)no3)CC2)cc1OC. The molecular weight excluding hydrogens is 458 g/mol. The van der Waals surface area contributed by atoms with Crippen LogP contribution in [0.25, 0.3) is 16.8 Å². The first-order valence-corrected chi connectivity index (χ1v) is 11.9. The summed E-state index contributed by atoms with van der Waals surface area (Å²) in [5, 5.41) is 8.70. The van der Waals surface area contributed by atoms with E-state index < -0.39 is 0 Å². The van der Waals surface area contributed by atoms with Crippen molar-refractivity contribution in [3.05, 3.63) is 77.9 Å². The molecule has 0 radical (unpaired) electrons. The van der Waals surface area contributed by atoms with Gasteiger partial charge in [0.2, 0.25) is 0 Å². The first-order valence-electron chi connectivity index (χ1n) is 11.9. The van der Waals surface area contributed by atoms with E-state index in [9.17, 15) is 4.79 Å². The van der Waals surface area contributed by atoms with Gasteiger partial charge < -0.3 is 18.9 Å². The van der Waals surface area contributed by atoms with E-state index in [2.05, 4.69) is 10.1 Å². The first-order chi connectivity index (χ1) is 17.6. The number of amides is 1. The molecule has 5 rings (SSSR count). The normalized spacial score (nSPS) is 14.1. The van der Waals surface area contributed by atoms with Crippen molar-refractivity contribution >= 4 is 5.91 Å². The van der Waals surface area contributed by atoms with Crippen molar-refractivity contribution in [1.82, 2.24) is 24.7 Å². The van der Waals surface area contributed by atoms with Crippen molar-refractivity contribution in [1.29, 1.82) is 0 Å². The van der Waals surface area contributed by atoms with E-state index in [0.29, 0.717) is 36.8 Å². The molecule has 0 bridgehead atoms. The third-order valence-corrected chi connectivity index (χ3v) is 6.35. The Labute approximate surface area is 209 Å². The van der Waals surface area contributed by atoms with Gasteiger partial charge in [-0.2, -0.15) is 5.10 Å². The van der Waals surface area contributed by atoms with E-state index in [0.717, 1.165) is 41.4 Å². The van der Waals surface area contributed by atoms with Gasteiger partial charge in [-0.1, -0.05) is 29.4 Å². The second kappa shape index (κ2) is 10.2. The van der Waals surface area contributed by atoms with Crippen LogP contribution < -0.4 is 9.47 Å². The maximum absolute atomic E-state index is 13.7. The minimum absolute atomic E-state index is 0.0929. The fourth-order valence-corrected chi connectivity index (χ4v) is 4.43. The molecule has 4 aromatic rings. The van der Waals surface area contributed by atoms with Gasteiger partial charge in [0.25, 0.3) is 5.91 Å². The van der Waals surface area contributed by atoms with Gasteiger partial charge in [-0.15, -0.1) is 0 Å². The molecule has 1 aliphatic rings. The maximum Gasteiger partial charge on any atom is 0.275 e. The average molecular weight is 488 g/mol. The number of para-hydroxylation sites is 1. The molecule has 9 nitrogen and oxygen atoms in total. The Balaban J connectivity index is 1.42. The Bertz CT molecular complexity index is 1340. The molecule has 0 atom stereocenters. The number of methoxy groups -OCH3 is 2. The molecule has 0 spiro atoms. The number of benzene rings is 2. The molecule has 0 unspecified atom stereocenters. The van der Waals surface area contributed by atoms with E-state index >= 15 is 0 Å². The number of hydrogen-bond acceptors (Lipinski definition) is 7. The zero-order chi connectivity index (χ0) is 25.1. The Morgan fingerprint density at radius 2 is 1.72 bits per heavy atom. The Hall–Kier alpha value is -4.11. The van der Waals surface area contributed by atoms with E-state index in [1.807, 2.05) is 72.6 Å². The highest BCUT2D eigenvalue weighted by Gasteiger charge is 2.28. The number of piperazine rings is 1. The quantitative estimate of drug-likeness (QED) is 0.392. The van der Waals surface area contributed by atoms with Crippen molar-refractivity contribution in [3.8, 4) is 28.3 Å². The van der Waals surface area contributed by atoms with Gasteiger partial charge in [0.15, 0.2) is 23.0 Å². The Morgan fingerprint density at radius 1 is 0.972 bits per heavy atom. The zero-order valence-electron chi connectivity index (χ0n) is 20.7. The number of carbonyl (C=O) groups is 1. The van der Waals surface area contributed by atoms with Gasteiger partial charge in [-0.05, 0) is 36.8 Å². The molecule has 1 fully saturated rings. The van der Waals surface area contributed by atoms with Crippen LogP contribution in [0.2, 0.25) is 0 Å². The predicted octanol–water partition coefficient (Wildman–Crippen LogP) is 3.81. The van der Waals surface area contributed by atoms with Crippen LogP contribution in [0, 0.1) is 6.92 Å². The van der Waals surface area contributed by atoms with Crippen LogP contribution in [-0.4, -0.2) is 71.0 Å². The lowest BCUT2D eigenvalue weighted by Crippen LogP contribution is -2.48. The predicted molar refractivity (Wildman–Crippen MR) is 135 cm³/mol. The van der Waals surface area contributed by atoms with Gasteiger partial charge >= 0.3 is 0 Å².